The first-order valence-electron chi connectivity index (χ1n) is 11.8. The lowest BCUT2D eigenvalue weighted by Crippen LogP contribution is -2.38. The van der Waals surface area contributed by atoms with E-state index < -0.39 is 41.7 Å². The number of hydrogen-bond acceptors (Lipinski definition) is 6. The summed E-state index contributed by atoms with van der Waals surface area (Å²) >= 11 is 0. The number of aryl methyl sites for hydroxylation is 2. The zero-order chi connectivity index (χ0) is 29.0. The molecule has 208 valence electrons. The number of anilines is 1. The van der Waals surface area contributed by atoms with Crippen molar-refractivity contribution in [1.82, 2.24) is 24.6 Å². The number of aromatic amines is 1. The van der Waals surface area contributed by atoms with Crippen molar-refractivity contribution in [2.24, 2.45) is 7.05 Å². The predicted molar refractivity (Wildman–Crippen MR) is 137 cm³/mol. The van der Waals surface area contributed by atoms with Gasteiger partial charge in [-0.25, -0.2) is 4.79 Å². The molecule has 0 spiro atoms. The van der Waals surface area contributed by atoms with Gasteiger partial charge in [0.15, 0.2) is 5.82 Å². The predicted octanol–water partition coefficient (Wildman–Crippen LogP) is 2.71. The Balaban J connectivity index is 1.51. The van der Waals surface area contributed by atoms with Crippen LogP contribution in [0.1, 0.15) is 37.7 Å². The van der Waals surface area contributed by atoms with E-state index in [1.165, 1.54) is 16.8 Å². The summed E-state index contributed by atoms with van der Waals surface area (Å²) in [6.07, 6.45) is -5.08. The van der Waals surface area contributed by atoms with Crippen LogP contribution in [0.3, 0.4) is 0 Å². The summed E-state index contributed by atoms with van der Waals surface area (Å²) < 4.78 is 45.8. The summed E-state index contributed by atoms with van der Waals surface area (Å²) in [4.78, 5) is 52.4. The average molecular weight is 557 g/mol. The molecule has 0 aliphatic heterocycles. The molecule has 0 fully saturated rings. The zero-order valence-electron chi connectivity index (χ0n) is 21.2. The highest BCUT2D eigenvalue weighted by molar-refractivity contribution is 6.04. The van der Waals surface area contributed by atoms with Crippen LogP contribution in [-0.2, 0) is 20.1 Å². The van der Waals surface area contributed by atoms with Crippen LogP contribution in [0.5, 0.6) is 5.75 Å². The number of hydrogen-bond donors (Lipinski definition) is 3. The summed E-state index contributed by atoms with van der Waals surface area (Å²) in [5.41, 5.74) is -0.772. The molecule has 2 aromatic carbocycles. The van der Waals surface area contributed by atoms with Gasteiger partial charge in [0.2, 0.25) is 0 Å². The Morgan fingerprint density at radius 1 is 1.02 bits per heavy atom. The molecule has 0 saturated heterocycles. The molecule has 0 aliphatic carbocycles. The second-order valence-electron chi connectivity index (χ2n) is 8.70. The van der Waals surface area contributed by atoms with Gasteiger partial charge in [-0.15, -0.1) is 13.2 Å². The highest BCUT2D eigenvalue weighted by Gasteiger charge is 2.32. The lowest BCUT2D eigenvalue weighted by molar-refractivity contribution is -0.274. The largest absolute Gasteiger partial charge is 0.573 e. The molecule has 2 amide bonds. The zero-order valence-corrected chi connectivity index (χ0v) is 21.2. The van der Waals surface area contributed by atoms with E-state index in [4.69, 9.17) is 0 Å². The molecule has 0 aliphatic rings. The molecule has 2 aromatic heterocycles. The Kier molecular flexibility index (Phi) is 7.88. The Hall–Kier alpha value is -5.14. The molecule has 0 radical (unpaired) electrons. The van der Waals surface area contributed by atoms with E-state index in [1.807, 2.05) is 0 Å². The van der Waals surface area contributed by atoms with Crippen molar-refractivity contribution in [2.75, 3.05) is 5.32 Å². The number of aromatic nitrogens is 4. The molecule has 4 aromatic rings. The van der Waals surface area contributed by atoms with Crippen LogP contribution < -0.4 is 26.6 Å². The van der Waals surface area contributed by atoms with Gasteiger partial charge >= 0.3 is 12.1 Å². The molecule has 0 unspecified atom stereocenters. The lowest BCUT2D eigenvalue weighted by Gasteiger charge is -2.15. The van der Waals surface area contributed by atoms with Crippen molar-refractivity contribution in [1.29, 1.82) is 0 Å². The summed E-state index contributed by atoms with van der Waals surface area (Å²) in [5, 5.41) is 8.90. The number of halogens is 3. The number of carbonyl (C=O) groups excluding carboxylic acids is 2. The van der Waals surface area contributed by atoms with Crippen molar-refractivity contribution in [2.45, 2.75) is 26.4 Å². The summed E-state index contributed by atoms with van der Waals surface area (Å²) in [5.74, 6) is -2.15. The van der Waals surface area contributed by atoms with Crippen LogP contribution in [0.25, 0.3) is 0 Å². The van der Waals surface area contributed by atoms with E-state index in [2.05, 4.69) is 25.5 Å². The molecule has 2 heterocycles. The van der Waals surface area contributed by atoms with Gasteiger partial charge in [0.25, 0.3) is 17.4 Å². The quantitative estimate of drug-likeness (QED) is 0.305. The molecule has 0 atom stereocenters. The van der Waals surface area contributed by atoms with E-state index in [1.54, 1.807) is 50.4 Å². The van der Waals surface area contributed by atoms with E-state index in [9.17, 15) is 32.3 Å². The second-order valence-corrected chi connectivity index (χ2v) is 8.70. The number of carbonyl (C=O) groups is 2. The second kappa shape index (κ2) is 11.3. The van der Waals surface area contributed by atoms with Crippen LogP contribution in [0, 0.1) is 6.92 Å². The van der Waals surface area contributed by atoms with Gasteiger partial charge in [-0.2, -0.15) is 5.10 Å². The van der Waals surface area contributed by atoms with Crippen LogP contribution >= 0.6 is 0 Å². The third-order valence-corrected chi connectivity index (χ3v) is 5.80. The molecule has 40 heavy (non-hydrogen) atoms. The Bertz CT molecular complexity index is 1620. The van der Waals surface area contributed by atoms with Gasteiger partial charge < -0.3 is 20.4 Å². The minimum Gasteiger partial charge on any atom is -0.405 e. The minimum absolute atomic E-state index is 0.0189. The Morgan fingerprint density at radius 3 is 2.38 bits per heavy atom. The van der Waals surface area contributed by atoms with E-state index in [0.29, 0.717) is 5.56 Å². The van der Waals surface area contributed by atoms with Gasteiger partial charge in [-0.05, 0) is 24.6 Å². The fourth-order valence-electron chi connectivity index (χ4n) is 3.70. The third kappa shape index (κ3) is 6.83. The number of nitrogens with one attached hydrogen (secondary N) is 3. The Morgan fingerprint density at radius 2 is 1.75 bits per heavy atom. The van der Waals surface area contributed by atoms with Crippen molar-refractivity contribution in [3.63, 3.8) is 0 Å². The highest BCUT2D eigenvalue weighted by atomic mass is 19.4. The highest BCUT2D eigenvalue weighted by Crippen LogP contribution is 2.28. The van der Waals surface area contributed by atoms with Crippen molar-refractivity contribution in [3.05, 3.63) is 110 Å². The maximum absolute atomic E-state index is 13.1. The minimum atomic E-state index is -5.08. The maximum atomic E-state index is 13.1. The van der Waals surface area contributed by atoms with E-state index in [-0.39, 0.29) is 29.2 Å². The van der Waals surface area contributed by atoms with Crippen LogP contribution in [-0.4, -0.2) is 37.5 Å². The molecule has 0 saturated carbocycles. The van der Waals surface area contributed by atoms with Gasteiger partial charge in [0, 0.05) is 42.5 Å². The van der Waals surface area contributed by atoms with Gasteiger partial charge in [-0.3, -0.25) is 23.6 Å². The Labute approximate surface area is 224 Å². The summed E-state index contributed by atoms with van der Waals surface area (Å²) in [6.45, 7) is 1.27. The number of amides is 2. The average Bonchev–Trinajstić information content (AvgIpc) is 3.20. The van der Waals surface area contributed by atoms with Crippen LogP contribution in [0.15, 0.2) is 70.3 Å². The van der Waals surface area contributed by atoms with Crippen molar-refractivity contribution in [3.8, 4) is 5.75 Å². The third-order valence-electron chi connectivity index (χ3n) is 5.80. The molecular weight excluding hydrogens is 533 g/mol. The SMILES string of the molecule is Cc1cc(NC(=O)c2ccc(CNC(=O)c3cc(=O)n(Cc4ccccc4)c(=O)[nH]3)c(OC(F)(F)F)c2)nn1C. The molecule has 4 rings (SSSR count). The van der Waals surface area contributed by atoms with Crippen molar-refractivity contribution < 1.29 is 27.5 Å². The topological polar surface area (TPSA) is 140 Å². The molecule has 11 nitrogen and oxygen atoms in total. The summed E-state index contributed by atoms with van der Waals surface area (Å²) in [7, 11) is 1.66. The standard InChI is InChI=1S/C26H23F3N6O5/c1-15-10-21(33-34(15)2)32-23(37)17-8-9-18(20(11-17)40-26(27,28)29)13-30-24(38)19-12-22(36)35(25(39)31-19)14-16-6-4-3-5-7-16/h3-12H,13-14H2,1-2H3,(H,30,38)(H,31,39)(H,32,33,37). The van der Waals surface area contributed by atoms with Gasteiger partial charge in [0.05, 0.1) is 6.54 Å². The first-order chi connectivity index (χ1) is 18.9. The van der Waals surface area contributed by atoms with Crippen LogP contribution in [0.4, 0.5) is 19.0 Å². The van der Waals surface area contributed by atoms with Crippen molar-refractivity contribution >= 4 is 17.6 Å². The first-order valence-corrected chi connectivity index (χ1v) is 11.8. The molecule has 14 heteroatoms. The number of H-pyrrole nitrogens is 1. The summed E-state index contributed by atoms with van der Waals surface area (Å²) in [6, 6.07) is 14.5. The molecule has 3 N–H and O–H groups in total. The van der Waals surface area contributed by atoms with Gasteiger partial charge in [0.1, 0.15) is 11.4 Å². The number of benzene rings is 2. The normalized spacial score (nSPS) is 11.2. The molecule has 0 bridgehead atoms. The monoisotopic (exact) mass is 556 g/mol. The maximum Gasteiger partial charge on any atom is 0.573 e. The number of ether oxygens (including phenoxy) is 1. The number of rotatable bonds is 8. The lowest BCUT2D eigenvalue weighted by atomic mass is 10.1. The van der Waals surface area contributed by atoms with E-state index >= 15 is 0 Å². The fourth-order valence-corrected chi connectivity index (χ4v) is 3.70. The molecular formula is C26H23F3N6O5. The first kappa shape index (κ1) is 27.9. The van der Waals surface area contributed by atoms with Crippen LogP contribution in [0.2, 0.25) is 0 Å². The van der Waals surface area contributed by atoms with E-state index in [0.717, 1.165) is 22.4 Å². The fraction of sp³-hybridized carbons (Fsp3) is 0.192. The smallest absolute Gasteiger partial charge is 0.405 e. The number of alkyl halides is 3. The number of nitrogens with zero attached hydrogens (tertiary/aromatic N) is 3. The van der Waals surface area contributed by atoms with Gasteiger partial charge in [-0.1, -0.05) is 36.4 Å².